The van der Waals surface area contributed by atoms with Gasteiger partial charge in [-0.1, -0.05) is 42.5 Å². The highest BCUT2D eigenvalue weighted by Gasteiger charge is 2.75. The van der Waals surface area contributed by atoms with Crippen LogP contribution in [0.5, 0.6) is 0 Å². The molecule has 0 radical (unpaired) electrons. The Morgan fingerprint density at radius 2 is 1.54 bits per heavy atom. The molecule has 5 rings (SSSR count). The summed E-state index contributed by atoms with van der Waals surface area (Å²) in [6.45, 7) is 0. The second kappa shape index (κ2) is 5.70. The van der Waals surface area contributed by atoms with E-state index in [1.165, 1.54) is 0 Å². The van der Waals surface area contributed by atoms with Gasteiger partial charge in [0, 0.05) is 5.69 Å². The average molecular weight is 346 g/mol. The monoisotopic (exact) mass is 346 g/mol. The Hall–Kier alpha value is -3.13. The number of carbonyl (C=O) groups excluding carboxylic acids is 1. The van der Waals surface area contributed by atoms with Crippen molar-refractivity contribution < 1.29 is 14.7 Å². The molecule has 0 heterocycles. The summed E-state index contributed by atoms with van der Waals surface area (Å²) in [5.74, 6) is -1.25. The number of carboxylic acid groups (broad SMARTS) is 1. The van der Waals surface area contributed by atoms with Crippen molar-refractivity contribution in [1.29, 1.82) is 5.26 Å². The van der Waals surface area contributed by atoms with E-state index in [1.807, 2.05) is 42.5 Å². The topological polar surface area (TPSA) is 90.2 Å². The van der Waals surface area contributed by atoms with Crippen molar-refractivity contribution in [2.75, 3.05) is 5.32 Å². The van der Waals surface area contributed by atoms with E-state index in [2.05, 4.69) is 11.4 Å². The molecule has 0 spiro atoms. The molecular weight excluding hydrogens is 328 g/mol. The van der Waals surface area contributed by atoms with Crippen molar-refractivity contribution in [3.05, 3.63) is 65.7 Å². The number of amides is 1. The first-order valence-corrected chi connectivity index (χ1v) is 8.57. The lowest BCUT2D eigenvalue weighted by Gasteiger charge is -2.66. The Morgan fingerprint density at radius 3 is 2.08 bits per heavy atom. The van der Waals surface area contributed by atoms with E-state index in [4.69, 9.17) is 5.11 Å². The van der Waals surface area contributed by atoms with E-state index >= 15 is 0 Å². The fourth-order valence-electron chi connectivity index (χ4n) is 4.27. The van der Waals surface area contributed by atoms with E-state index in [9.17, 15) is 14.9 Å². The average Bonchev–Trinajstić information content (AvgIpc) is 2.55. The fourth-order valence-corrected chi connectivity index (χ4v) is 4.27. The highest BCUT2D eigenvalue weighted by molar-refractivity contribution is 6.01. The molecule has 2 aromatic rings. The number of nitriles is 1. The Bertz CT molecular complexity index is 893. The van der Waals surface area contributed by atoms with Crippen LogP contribution in [-0.2, 0) is 9.59 Å². The smallest absolute Gasteiger partial charge is 0.309 e. The van der Waals surface area contributed by atoms with Gasteiger partial charge in [0.15, 0.2) is 0 Å². The van der Waals surface area contributed by atoms with Crippen molar-refractivity contribution in [1.82, 2.24) is 0 Å². The van der Waals surface area contributed by atoms with Gasteiger partial charge < -0.3 is 10.4 Å². The highest BCUT2D eigenvalue weighted by atomic mass is 16.4. The second-order valence-corrected chi connectivity index (χ2v) is 7.45. The lowest BCUT2D eigenvalue weighted by atomic mass is 9.35. The third kappa shape index (κ3) is 2.38. The number of nitrogens with zero attached hydrogens (tertiary/aromatic N) is 1. The maximum Gasteiger partial charge on any atom is 0.309 e. The molecule has 3 saturated carbocycles. The minimum absolute atomic E-state index is 0.103. The normalized spacial score (nSPS) is 26.6. The number of carboxylic acids is 1. The first-order valence-electron chi connectivity index (χ1n) is 8.57. The molecule has 1 atom stereocenters. The Labute approximate surface area is 151 Å². The lowest BCUT2D eigenvalue weighted by molar-refractivity contribution is -0.217. The van der Waals surface area contributed by atoms with Crippen LogP contribution >= 0.6 is 0 Å². The van der Waals surface area contributed by atoms with Crippen molar-refractivity contribution in [2.45, 2.75) is 25.2 Å². The minimum Gasteiger partial charge on any atom is -0.481 e. The maximum absolute atomic E-state index is 12.5. The number of benzene rings is 2. The summed E-state index contributed by atoms with van der Waals surface area (Å²) in [6, 6.07) is 19.2. The Balaban J connectivity index is 1.43. The first kappa shape index (κ1) is 16.3. The maximum atomic E-state index is 12.5. The molecule has 2 aromatic carbocycles. The Kier molecular flexibility index (Phi) is 3.58. The number of hydrogen-bond donors (Lipinski definition) is 2. The molecular formula is C21H18N2O3. The third-order valence-electron chi connectivity index (χ3n) is 5.73. The van der Waals surface area contributed by atoms with Gasteiger partial charge in [-0.2, -0.15) is 5.26 Å². The molecule has 0 aliphatic heterocycles. The van der Waals surface area contributed by atoms with Crippen molar-refractivity contribution in [2.24, 2.45) is 10.8 Å². The van der Waals surface area contributed by atoms with Crippen LogP contribution in [0.15, 0.2) is 54.6 Å². The number of nitrogens with one attached hydrogen (secondary N) is 1. The van der Waals surface area contributed by atoms with Crippen LogP contribution in [0.2, 0.25) is 0 Å². The lowest BCUT2D eigenvalue weighted by Crippen LogP contribution is -2.69. The van der Waals surface area contributed by atoms with Crippen molar-refractivity contribution >= 4 is 17.6 Å². The largest absolute Gasteiger partial charge is 0.481 e. The number of rotatable bonds is 5. The predicted octanol–water partition coefficient (Wildman–Crippen LogP) is 3.54. The van der Waals surface area contributed by atoms with Crippen LogP contribution in [0, 0.1) is 22.2 Å². The number of carbonyl (C=O) groups is 2. The molecule has 0 aromatic heterocycles. The molecule has 3 aliphatic rings. The summed E-state index contributed by atoms with van der Waals surface area (Å²) in [6.07, 6.45) is 1.30. The summed E-state index contributed by atoms with van der Waals surface area (Å²) in [4.78, 5) is 23.6. The Morgan fingerprint density at radius 1 is 0.962 bits per heavy atom. The van der Waals surface area contributed by atoms with E-state index in [0.29, 0.717) is 24.9 Å². The summed E-state index contributed by atoms with van der Waals surface area (Å²) in [5, 5.41) is 21.5. The zero-order chi connectivity index (χ0) is 18.4. The quantitative estimate of drug-likeness (QED) is 0.866. The zero-order valence-electron chi connectivity index (χ0n) is 14.1. The number of hydrogen-bond acceptors (Lipinski definition) is 3. The van der Waals surface area contributed by atoms with Gasteiger partial charge in [0.1, 0.15) is 0 Å². The van der Waals surface area contributed by atoms with Crippen molar-refractivity contribution in [3.63, 3.8) is 0 Å². The van der Waals surface area contributed by atoms with E-state index in [0.717, 1.165) is 11.1 Å². The van der Waals surface area contributed by atoms with Gasteiger partial charge in [-0.3, -0.25) is 9.59 Å². The van der Waals surface area contributed by atoms with Crippen LogP contribution < -0.4 is 5.32 Å². The molecule has 5 nitrogen and oxygen atoms in total. The second-order valence-electron chi connectivity index (χ2n) is 7.45. The highest BCUT2D eigenvalue weighted by Crippen LogP contribution is 2.73. The summed E-state index contributed by atoms with van der Waals surface area (Å²) in [5.41, 5.74) is 1.30. The predicted molar refractivity (Wildman–Crippen MR) is 95.3 cm³/mol. The van der Waals surface area contributed by atoms with Crippen molar-refractivity contribution in [3.8, 4) is 6.07 Å². The van der Waals surface area contributed by atoms with Crippen LogP contribution in [-0.4, -0.2) is 17.0 Å². The molecule has 1 unspecified atom stereocenters. The molecule has 3 aliphatic carbocycles. The molecule has 2 bridgehead atoms. The number of anilines is 1. The summed E-state index contributed by atoms with van der Waals surface area (Å²) >= 11 is 0. The SMILES string of the molecule is N#CC(c1ccccc1)c1ccc(NC(=O)C23CC(C(=O)O)(C2)C3)cc1. The fraction of sp³-hybridized carbons (Fsp3) is 0.286. The standard InChI is InChI=1S/C21H18N2O3/c22-10-17(14-4-2-1-3-5-14)15-6-8-16(9-7-15)23-18(24)20-11-21(12-20,13-20)19(25)26/h1-9,17H,11-13H2,(H,23,24)(H,25,26). The van der Waals surface area contributed by atoms with Crippen LogP contribution in [0.3, 0.4) is 0 Å². The molecule has 0 saturated heterocycles. The molecule has 1 amide bonds. The van der Waals surface area contributed by atoms with E-state index in [1.54, 1.807) is 12.1 Å². The molecule has 5 heteroatoms. The number of aliphatic carboxylic acids is 1. The van der Waals surface area contributed by atoms with Gasteiger partial charge in [0.05, 0.1) is 22.8 Å². The molecule has 130 valence electrons. The van der Waals surface area contributed by atoms with E-state index in [-0.39, 0.29) is 11.8 Å². The minimum atomic E-state index is -0.792. The zero-order valence-corrected chi connectivity index (χ0v) is 14.1. The van der Waals surface area contributed by atoms with Gasteiger partial charge in [-0.15, -0.1) is 0 Å². The van der Waals surface area contributed by atoms with Crippen LogP contribution in [0.25, 0.3) is 0 Å². The first-order chi connectivity index (χ1) is 12.5. The van der Waals surface area contributed by atoms with Gasteiger partial charge in [-0.25, -0.2) is 0 Å². The molecule has 3 fully saturated rings. The summed E-state index contributed by atoms with van der Waals surface area (Å²) in [7, 11) is 0. The van der Waals surface area contributed by atoms with Gasteiger partial charge >= 0.3 is 5.97 Å². The van der Waals surface area contributed by atoms with Crippen LogP contribution in [0.4, 0.5) is 5.69 Å². The third-order valence-corrected chi connectivity index (χ3v) is 5.73. The van der Waals surface area contributed by atoms with E-state index < -0.39 is 16.8 Å². The molecule has 2 N–H and O–H groups in total. The van der Waals surface area contributed by atoms with Gasteiger partial charge in [0.25, 0.3) is 0 Å². The summed E-state index contributed by atoms with van der Waals surface area (Å²) < 4.78 is 0. The van der Waals surface area contributed by atoms with Gasteiger partial charge in [-0.05, 0) is 42.5 Å². The van der Waals surface area contributed by atoms with Gasteiger partial charge in [0.2, 0.25) is 5.91 Å². The molecule has 26 heavy (non-hydrogen) atoms. The van der Waals surface area contributed by atoms with Crippen LogP contribution in [0.1, 0.15) is 36.3 Å².